The summed E-state index contributed by atoms with van der Waals surface area (Å²) in [5.74, 6) is 0.164. The number of hydrogen-bond donors (Lipinski definition) is 3. The average Bonchev–Trinajstić information content (AvgIpc) is 2.68. The van der Waals surface area contributed by atoms with Crippen molar-refractivity contribution in [1.82, 2.24) is 0 Å². The quantitative estimate of drug-likeness (QED) is 0.546. The van der Waals surface area contributed by atoms with Crippen LogP contribution in [-0.4, -0.2) is 34.3 Å². The summed E-state index contributed by atoms with van der Waals surface area (Å²) >= 11 is 1.75. The Morgan fingerprint density at radius 3 is 2.35 bits per heavy atom. The van der Waals surface area contributed by atoms with Gasteiger partial charge >= 0.3 is 5.97 Å². The molecule has 6 nitrogen and oxygen atoms in total. The number of aliphatic imine (C=N–C) groups is 1. The molecule has 0 aromatic heterocycles. The van der Waals surface area contributed by atoms with Gasteiger partial charge in [-0.1, -0.05) is 23.9 Å². The van der Waals surface area contributed by atoms with Gasteiger partial charge in [0.05, 0.1) is 17.0 Å². The predicted molar refractivity (Wildman–Crippen MR) is 109 cm³/mol. The van der Waals surface area contributed by atoms with Crippen molar-refractivity contribution in [2.75, 3.05) is 23.0 Å². The van der Waals surface area contributed by atoms with Crippen LogP contribution in [0.15, 0.2) is 58.6 Å². The Kier molecular flexibility index (Phi) is 5.91. The van der Waals surface area contributed by atoms with E-state index >= 15 is 0 Å². The van der Waals surface area contributed by atoms with Gasteiger partial charge in [0, 0.05) is 18.0 Å². The molecular weight excluding hydrogens is 348 g/mol. The van der Waals surface area contributed by atoms with Crippen molar-refractivity contribution >= 4 is 40.0 Å². The zero-order valence-electron chi connectivity index (χ0n) is 14.4. The van der Waals surface area contributed by atoms with Gasteiger partial charge in [0.2, 0.25) is 0 Å². The van der Waals surface area contributed by atoms with Gasteiger partial charge in [0.1, 0.15) is 0 Å². The zero-order chi connectivity index (χ0) is 18.4. The van der Waals surface area contributed by atoms with Crippen LogP contribution < -0.4 is 10.7 Å². The third kappa shape index (κ3) is 4.86. The Morgan fingerprint density at radius 2 is 1.73 bits per heavy atom. The standard InChI is InChI=1S/C19H20N4O2S/c1-13(22-23-17-9-5-15(6-10-17)18(24)25)14-3-7-16(8-4-14)21-19-20-11-2-12-26-19/h3-10,23H,2,11-12H2,1H3,(H,20,21)(H,24,25)/b22-13-. The molecule has 3 rings (SSSR count). The van der Waals surface area contributed by atoms with E-state index in [4.69, 9.17) is 5.11 Å². The molecule has 2 aromatic rings. The number of nitrogens with zero attached hydrogens (tertiary/aromatic N) is 2. The van der Waals surface area contributed by atoms with Crippen LogP contribution in [0.4, 0.5) is 11.4 Å². The van der Waals surface area contributed by atoms with Crippen LogP contribution in [0.2, 0.25) is 0 Å². The van der Waals surface area contributed by atoms with Crippen molar-refractivity contribution < 1.29 is 9.90 Å². The summed E-state index contributed by atoms with van der Waals surface area (Å²) < 4.78 is 0. The molecule has 3 N–H and O–H groups in total. The van der Waals surface area contributed by atoms with E-state index in [0.29, 0.717) is 0 Å². The summed E-state index contributed by atoms with van der Waals surface area (Å²) in [6, 6.07) is 14.5. The molecule has 0 bridgehead atoms. The fourth-order valence-electron chi connectivity index (χ4n) is 2.35. The third-order valence-electron chi connectivity index (χ3n) is 3.84. The first kappa shape index (κ1) is 18.0. The zero-order valence-corrected chi connectivity index (χ0v) is 15.2. The van der Waals surface area contributed by atoms with Crippen LogP contribution in [0.3, 0.4) is 0 Å². The highest BCUT2D eigenvalue weighted by Gasteiger charge is 2.06. The van der Waals surface area contributed by atoms with Crippen molar-refractivity contribution in [1.29, 1.82) is 0 Å². The molecule has 0 radical (unpaired) electrons. The Hall–Kier alpha value is -2.80. The molecule has 0 spiro atoms. The van der Waals surface area contributed by atoms with Crippen molar-refractivity contribution in [2.45, 2.75) is 13.3 Å². The smallest absolute Gasteiger partial charge is 0.335 e. The van der Waals surface area contributed by atoms with Crippen molar-refractivity contribution in [2.24, 2.45) is 10.1 Å². The van der Waals surface area contributed by atoms with Gasteiger partial charge in [0.15, 0.2) is 5.17 Å². The van der Waals surface area contributed by atoms with E-state index < -0.39 is 5.97 Å². The Bertz CT molecular complexity index is 830. The summed E-state index contributed by atoms with van der Waals surface area (Å²) in [4.78, 5) is 15.3. The summed E-state index contributed by atoms with van der Waals surface area (Å²) in [5.41, 5.74) is 6.78. The fourth-order valence-corrected chi connectivity index (χ4v) is 3.19. The minimum Gasteiger partial charge on any atom is -0.478 e. The normalized spacial score (nSPS) is 14.5. The Balaban J connectivity index is 1.61. The number of anilines is 2. The number of amidine groups is 1. The average molecular weight is 368 g/mol. The molecule has 0 aliphatic carbocycles. The number of rotatable bonds is 5. The first-order chi connectivity index (χ1) is 12.6. The highest BCUT2D eigenvalue weighted by Crippen LogP contribution is 2.17. The van der Waals surface area contributed by atoms with E-state index in [1.54, 1.807) is 36.0 Å². The van der Waals surface area contributed by atoms with Gasteiger partial charge in [-0.05, 0) is 55.3 Å². The minimum absolute atomic E-state index is 0.250. The molecule has 0 fully saturated rings. The number of hydrogen-bond acceptors (Lipinski definition) is 6. The topological polar surface area (TPSA) is 86.1 Å². The molecule has 134 valence electrons. The molecule has 0 unspecified atom stereocenters. The second kappa shape index (κ2) is 8.53. The van der Waals surface area contributed by atoms with Gasteiger partial charge in [-0.3, -0.25) is 10.4 Å². The number of carboxylic acid groups (broad SMARTS) is 1. The first-order valence-corrected chi connectivity index (χ1v) is 9.29. The highest BCUT2D eigenvalue weighted by atomic mass is 32.2. The molecule has 1 heterocycles. The second-order valence-corrected chi connectivity index (χ2v) is 6.87. The lowest BCUT2D eigenvalue weighted by Gasteiger charge is -2.13. The Morgan fingerprint density at radius 1 is 1.08 bits per heavy atom. The van der Waals surface area contributed by atoms with Gasteiger partial charge in [-0.15, -0.1) is 0 Å². The lowest BCUT2D eigenvalue weighted by molar-refractivity contribution is 0.0697. The molecule has 0 atom stereocenters. The highest BCUT2D eigenvalue weighted by molar-refractivity contribution is 8.14. The largest absolute Gasteiger partial charge is 0.478 e. The SMILES string of the molecule is C/C(=N/Nc1ccc(C(=O)O)cc1)c1ccc(NC2=NCCCS2)cc1. The first-order valence-electron chi connectivity index (χ1n) is 8.30. The molecule has 0 saturated heterocycles. The van der Waals surface area contributed by atoms with Gasteiger partial charge < -0.3 is 10.4 Å². The van der Waals surface area contributed by atoms with E-state index in [1.165, 1.54) is 0 Å². The maximum atomic E-state index is 10.9. The van der Waals surface area contributed by atoms with E-state index in [0.717, 1.165) is 46.5 Å². The summed E-state index contributed by atoms with van der Waals surface area (Å²) in [6.45, 7) is 2.81. The lowest BCUT2D eigenvalue weighted by atomic mass is 10.1. The number of benzene rings is 2. The fraction of sp³-hybridized carbons (Fsp3) is 0.211. The molecule has 2 aromatic carbocycles. The molecule has 1 aliphatic heterocycles. The number of carbonyl (C=O) groups is 1. The summed E-state index contributed by atoms with van der Waals surface area (Å²) in [5, 5.41) is 17.6. The summed E-state index contributed by atoms with van der Waals surface area (Å²) in [6.07, 6.45) is 1.14. The van der Waals surface area contributed by atoms with Crippen molar-refractivity contribution in [3.05, 3.63) is 59.7 Å². The van der Waals surface area contributed by atoms with Crippen LogP contribution in [0.5, 0.6) is 0 Å². The van der Waals surface area contributed by atoms with Crippen LogP contribution in [0, 0.1) is 0 Å². The van der Waals surface area contributed by atoms with E-state index in [9.17, 15) is 4.79 Å². The van der Waals surface area contributed by atoms with Gasteiger partial charge in [-0.2, -0.15) is 5.10 Å². The van der Waals surface area contributed by atoms with E-state index in [-0.39, 0.29) is 5.56 Å². The monoisotopic (exact) mass is 368 g/mol. The number of hydrazone groups is 1. The number of nitrogens with one attached hydrogen (secondary N) is 2. The van der Waals surface area contributed by atoms with Gasteiger partial charge in [0.25, 0.3) is 0 Å². The van der Waals surface area contributed by atoms with Crippen LogP contribution >= 0.6 is 11.8 Å². The van der Waals surface area contributed by atoms with Crippen LogP contribution in [0.25, 0.3) is 0 Å². The lowest BCUT2D eigenvalue weighted by Crippen LogP contribution is -2.13. The molecule has 26 heavy (non-hydrogen) atoms. The van der Waals surface area contributed by atoms with Gasteiger partial charge in [-0.25, -0.2) is 4.79 Å². The van der Waals surface area contributed by atoms with Crippen LogP contribution in [-0.2, 0) is 0 Å². The number of carboxylic acids is 1. The molecule has 7 heteroatoms. The Labute approximate surface area is 156 Å². The summed E-state index contributed by atoms with van der Waals surface area (Å²) in [7, 11) is 0. The maximum Gasteiger partial charge on any atom is 0.335 e. The van der Waals surface area contributed by atoms with E-state index in [2.05, 4.69) is 20.8 Å². The third-order valence-corrected chi connectivity index (χ3v) is 4.83. The predicted octanol–water partition coefficient (Wildman–Crippen LogP) is 4.13. The molecule has 0 saturated carbocycles. The van der Waals surface area contributed by atoms with E-state index in [1.807, 2.05) is 31.2 Å². The van der Waals surface area contributed by atoms with Crippen molar-refractivity contribution in [3.63, 3.8) is 0 Å². The minimum atomic E-state index is -0.942. The van der Waals surface area contributed by atoms with Crippen LogP contribution in [0.1, 0.15) is 29.3 Å². The molecule has 1 aliphatic rings. The van der Waals surface area contributed by atoms with Crippen molar-refractivity contribution in [3.8, 4) is 0 Å². The molecule has 0 amide bonds. The maximum absolute atomic E-state index is 10.9. The number of thioether (sulfide) groups is 1. The molecular formula is C19H20N4O2S. The second-order valence-electron chi connectivity index (χ2n) is 5.78. The number of aromatic carboxylic acids is 1.